The third kappa shape index (κ3) is 6.41. The van der Waals surface area contributed by atoms with Gasteiger partial charge >= 0.3 is 0 Å². The standard InChI is InChI=1S/C17H31N3O.2ClH/c1-13-4-7-20(8-5-13)9-6-18-17(21)12-14-10-15-2-3-16(11-14)19-15;;/h13-16,19H,2-12H2,1H3,(H,18,21);2*1H. The predicted octanol–water partition coefficient (Wildman–Crippen LogP) is 2.60. The van der Waals surface area contributed by atoms with Crippen LogP contribution in [0.3, 0.4) is 0 Å². The van der Waals surface area contributed by atoms with E-state index in [1.807, 2.05) is 0 Å². The number of piperidine rings is 2. The lowest BCUT2D eigenvalue weighted by atomic mass is 9.89. The van der Waals surface area contributed by atoms with Crippen LogP contribution in [0.5, 0.6) is 0 Å². The number of rotatable bonds is 5. The molecule has 6 heteroatoms. The topological polar surface area (TPSA) is 44.4 Å². The Kier molecular flexibility index (Phi) is 9.20. The van der Waals surface area contributed by atoms with E-state index in [1.54, 1.807) is 0 Å². The summed E-state index contributed by atoms with van der Waals surface area (Å²) in [5.41, 5.74) is 0. The second-order valence-corrected chi connectivity index (χ2v) is 7.55. The Morgan fingerprint density at radius 2 is 1.70 bits per heavy atom. The van der Waals surface area contributed by atoms with Crippen LogP contribution in [0.25, 0.3) is 0 Å². The molecular weight excluding hydrogens is 333 g/mol. The fourth-order valence-electron chi connectivity index (χ4n) is 4.32. The van der Waals surface area contributed by atoms with Gasteiger partial charge in [-0.25, -0.2) is 0 Å². The van der Waals surface area contributed by atoms with Crippen molar-refractivity contribution in [3.05, 3.63) is 0 Å². The number of amides is 1. The minimum atomic E-state index is 0. The van der Waals surface area contributed by atoms with Crippen molar-refractivity contribution >= 4 is 30.7 Å². The SMILES string of the molecule is CC1CCN(CCNC(=O)CC2CC3CCC(C2)N3)CC1.Cl.Cl. The first-order chi connectivity index (χ1) is 10.2. The van der Waals surface area contributed by atoms with Crippen molar-refractivity contribution in [1.82, 2.24) is 15.5 Å². The van der Waals surface area contributed by atoms with E-state index < -0.39 is 0 Å². The normalized spacial score (nSPS) is 31.1. The highest BCUT2D eigenvalue weighted by molar-refractivity contribution is 5.85. The number of fused-ring (bicyclic) bond motifs is 2. The third-order valence-corrected chi connectivity index (χ3v) is 5.67. The minimum Gasteiger partial charge on any atom is -0.355 e. The Bertz CT molecular complexity index is 350. The van der Waals surface area contributed by atoms with Crippen molar-refractivity contribution in [1.29, 1.82) is 0 Å². The first-order valence-corrected chi connectivity index (χ1v) is 8.94. The molecule has 3 rings (SSSR count). The van der Waals surface area contributed by atoms with Gasteiger partial charge in [-0.2, -0.15) is 0 Å². The smallest absolute Gasteiger partial charge is 0.220 e. The number of hydrogen-bond acceptors (Lipinski definition) is 3. The molecule has 0 saturated carbocycles. The summed E-state index contributed by atoms with van der Waals surface area (Å²) in [6.07, 6.45) is 8.40. The van der Waals surface area contributed by atoms with Gasteiger partial charge in [0, 0.05) is 31.6 Å². The van der Waals surface area contributed by atoms with Crippen molar-refractivity contribution in [3.8, 4) is 0 Å². The summed E-state index contributed by atoms with van der Waals surface area (Å²) in [6.45, 7) is 6.59. The number of nitrogens with zero attached hydrogens (tertiary/aromatic N) is 1. The van der Waals surface area contributed by atoms with Crippen LogP contribution in [0.4, 0.5) is 0 Å². The highest BCUT2D eigenvalue weighted by Crippen LogP contribution is 2.32. The summed E-state index contributed by atoms with van der Waals surface area (Å²) in [5.74, 6) is 1.76. The summed E-state index contributed by atoms with van der Waals surface area (Å²) >= 11 is 0. The molecule has 0 aromatic rings. The molecule has 2 N–H and O–H groups in total. The fraction of sp³-hybridized carbons (Fsp3) is 0.941. The number of carbonyl (C=O) groups excluding carboxylic acids is 1. The predicted molar refractivity (Wildman–Crippen MR) is 99.6 cm³/mol. The molecule has 3 fully saturated rings. The second-order valence-electron chi connectivity index (χ2n) is 7.55. The van der Waals surface area contributed by atoms with Gasteiger partial charge in [0.15, 0.2) is 0 Å². The Morgan fingerprint density at radius 3 is 2.30 bits per heavy atom. The van der Waals surface area contributed by atoms with Crippen LogP contribution in [0, 0.1) is 11.8 Å². The van der Waals surface area contributed by atoms with Crippen molar-refractivity contribution < 1.29 is 4.79 Å². The maximum absolute atomic E-state index is 12.1. The van der Waals surface area contributed by atoms with E-state index in [0.29, 0.717) is 18.0 Å². The summed E-state index contributed by atoms with van der Waals surface area (Å²) < 4.78 is 0. The van der Waals surface area contributed by atoms with Crippen LogP contribution in [-0.2, 0) is 4.79 Å². The maximum Gasteiger partial charge on any atom is 0.220 e. The van der Waals surface area contributed by atoms with Crippen molar-refractivity contribution in [2.45, 2.75) is 64.0 Å². The number of likely N-dealkylation sites (tertiary alicyclic amines) is 1. The largest absolute Gasteiger partial charge is 0.355 e. The van der Waals surface area contributed by atoms with Crippen LogP contribution >= 0.6 is 24.8 Å². The molecule has 0 aromatic carbocycles. The summed E-state index contributed by atoms with van der Waals surface area (Å²) in [4.78, 5) is 14.6. The van der Waals surface area contributed by atoms with E-state index in [1.165, 1.54) is 51.6 Å². The van der Waals surface area contributed by atoms with Crippen LogP contribution in [-0.4, -0.2) is 49.1 Å². The van der Waals surface area contributed by atoms with Gasteiger partial charge in [0.1, 0.15) is 0 Å². The molecule has 2 bridgehead atoms. The van der Waals surface area contributed by atoms with E-state index in [4.69, 9.17) is 0 Å². The minimum absolute atomic E-state index is 0. The van der Waals surface area contributed by atoms with Crippen LogP contribution in [0.1, 0.15) is 51.9 Å². The number of carbonyl (C=O) groups is 1. The quantitative estimate of drug-likeness (QED) is 0.786. The fourth-order valence-corrected chi connectivity index (χ4v) is 4.32. The second kappa shape index (κ2) is 10.1. The number of halogens is 2. The van der Waals surface area contributed by atoms with E-state index in [-0.39, 0.29) is 30.7 Å². The van der Waals surface area contributed by atoms with Gasteiger partial charge in [-0.1, -0.05) is 6.92 Å². The molecule has 3 aliphatic heterocycles. The number of hydrogen-bond donors (Lipinski definition) is 2. The van der Waals surface area contributed by atoms with Gasteiger partial charge in [-0.05, 0) is 63.5 Å². The molecule has 2 atom stereocenters. The van der Waals surface area contributed by atoms with Crippen molar-refractivity contribution in [2.24, 2.45) is 11.8 Å². The lowest BCUT2D eigenvalue weighted by molar-refractivity contribution is -0.122. The number of nitrogens with one attached hydrogen (secondary N) is 2. The molecule has 3 heterocycles. The molecule has 23 heavy (non-hydrogen) atoms. The van der Waals surface area contributed by atoms with Crippen LogP contribution in [0.15, 0.2) is 0 Å². The Labute approximate surface area is 153 Å². The highest BCUT2D eigenvalue weighted by atomic mass is 35.5. The lowest BCUT2D eigenvalue weighted by Crippen LogP contribution is -2.41. The van der Waals surface area contributed by atoms with Crippen molar-refractivity contribution in [3.63, 3.8) is 0 Å². The molecule has 0 aromatic heterocycles. The Hall–Kier alpha value is -0.0300. The van der Waals surface area contributed by atoms with E-state index in [9.17, 15) is 4.79 Å². The highest BCUT2D eigenvalue weighted by Gasteiger charge is 2.34. The zero-order valence-corrected chi connectivity index (χ0v) is 15.9. The van der Waals surface area contributed by atoms with Gasteiger partial charge in [0.2, 0.25) is 5.91 Å². The monoisotopic (exact) mass is 365 g/mol. The summed E-state index contributed by atoms with van der Waals surface area (Å²) in [6, 6.07) is 1.38. The molecule has 0 radical (unpaired) electrons. The molecule has 136 valence electrons. The Morgan fingerprint density at radius 1 is 1.09 bits per heavy atom. The molecule has 4 nitrogen and oxygen atoms in total. The van der Waals surface area contributed by atoms with Crippen LogP contribution in [0.2, 0.25) is 0 Å². The maximum atomic E-state index is 12.1. The van der Waals surface area contributed by atoms with E-state index in [0.717, 1.165) is 25.4 Å². The molecule has 1 amide bonds. The van der Waals surface area contributed by atoms with E-state index in [2.05, 4.69) is 22.5 Å². The van der Waals surface area contributed by atoms with Gasteiger partial charge in [0.25, 0.3) is 0 Å². The zero-order chi connectivity index (χ0) is 14.7. The van der Waals surface area contributed by atoms with Crippen molar-refractivity contribution in [2.75, 3.05) is 26.2 Å². The average Bonchev–Trinajstić information content (AvgIpc) is 2.80. The first kappa shape index (κ1) is 21.0. The summed E-state index contributed by atoms with van der Waals surface area (Å²) in [7, 11) is 0. The van der Waals surface area contributed by atoms with Gasteiger partial charge in [0.05, 0.1) is 0 Å². The Balaban J connectivity index is 0.00000132. The molecular formula is C17H33Cl2N3O. The molecule has 0 aliphatic carbocycles. The lowest BCUT2D eigenvalue weighted by Gasteiger charge is -2.30. The molecule has 2 unspecified atom stereocenters. The molecule has 3 saturated heterocycles. The first-order valence-electron chi connectivity index (χ1n) is 8.94. The third-order valence-electron chi connectivity index (χ3n) is 5.67. The molecule has 3 aliphatic rings. The van der Waals surface area contributed by atoms with Gasteiger partial charge in [-0.3, -0.25) is 4.79 Å². The summed E-state index contributed by atoms with van der Waals surface area (Å²) in [5, 5.41) is 6.78. The van der Waals surface area contributed by atoms with Gasteiger partial charge in [-0.15, -0.1) is 24.8 Å². The van der Waals surface area contributed by atoms with E-state index >= 15 is 0 Å². The average molecular weight is 366 g/mol. The van der Waals surface area contributed by atoms with Crippen LogP contribution < -0.4 is 10.6 Å². The van der Waals surface area contributed by atoms with Gasteiger partial charge < -0.3 is 15.5 Å². The molecule has 0 spiro atoms. The zero-order valence-electron chi connectivity index (χ0n) is 14.3.